The fourth-order valence-electron chi connectivity index (χ4n) is 3.41. The molecule has 0 aliphatic carbocycles. The molecular formula is C19H30N2O6Si. The van der Waals surface area contributed by atoms with E-state index < -0.39 is 19.3 Å². The normalized spacial score (nSPS) is 19.6. The second-order valence-electron chi connectivity index (χ2n) is 7.81. The molecule has 2 rings (SSSR count). The maximum atomic E-state index is 12.5. The van der Waals surface area contributed by atoms with E-state index in [2.05, 4.69) is 20.0 Å². The number of aliphatic hydroxyl groups is 1. The van der Waals surface area contributed by atoms with Crippen molar-refractivity contribution in [3.63, 3.8) is 0 Å². The Kier molecular flexibility index (Phi) is 7.96. The first-order valence-electron chi connectivity index (χ1n) is 9.71. The van der Waals surface area contributed by atoms with E-state index in [9.17, 15) is 20.0 Å². The first kappa shape index (κ1) is 22.3. The molecule has 1 saturated heterocycles. The van der Waals surface area contributed by atoms with Crippen LogP contribution in [0, 0.1) is 10.1 Å². The van der Waals surface area contributed by atoms with Gasteiger partial charge in [0.25, 0.3) is 5.69 Å². The number of nitro groups is 1. The van der Waals surface area contributed by atoms with Crippen molar-refractivity contribution in [1.82, 2.24) is 4.90 Å². The Morgan fingerprint density at radius 1 is 1.36 bits per heavy atom. The molecule has 1 amide bonds. The summed E-state index contributed by atoms with van der Waals surface area (Å²) in [6.45, 7) is 6.83. The summed E-state index contributed by atoms with van der Waals surface area (Å²) in [6, 6.07) is 6.64. The number of amides is 1. The summed E-state index contributed by atoms with van der Waals surface area (Å²) >= 11 is 0. The lowest BCUT2D eigenvalue weighted by Crippen LogP contribution is -2.39. The Morgan fingerprint density at radius 2 is 2.04 bits per heavy atom. The summed E-state index contributed by atoms with van der Waals surface area (Å²) in [5.41, 5.74) is 0.657. The van der Waals surface area contributed by atoms with Crippen molar-refractivity contribution in [1.29, 1.82) is 0 Å². The topological polar surface area (TPSA) is 102 Å². The highest BCUT2D eigenvalue weighted by molar-refractivity contribution is 6.71. The van der Waals surface area contributed by atoms with Crippen LogP contribution in [0.2, 0.25) is 19.1 Å². The third-order valence-electron chi connectivity index (χ3n) is 4.95. The van der Waals surface area contributed by atoms with Gasteiger partial charge in [0.15, 0.2) is 8.32 Å². The van der Waals surface area contributed by atoms with Gasteiger partial charge in [-0.1, -0.05) is 19.8 Å². The molecule has 28 heavy (non-hydrogen) atoms. The number of carbonyl (C=O) groups is 1. The molecule has 1 aliphatic heterocycles. The zero-order valence-corrected chi connectivity index (χ0v) is 17.8. The Hall–Kier alpha value is -1.97. The molecule has 0 radical (unpaired) electrons. The van der Waals surface area contributed by atoms with Gasteiger partial charge in [0.2, 0.25) is 0 Å². The van der Waals surface area contributed by atoms with Crippen LogP contribution in [0.4, 0.5) is 10.5 Å². The molecule has 2 atom stereocenters. The maximum absolute atomic E-state index is 12.5. The SMILES string of the molecule is CCCC[Si](C)(C)OC1CC(CO)N(C(=O)OCc2ccc([N+](=O)[O-])cc2)C1. The van der Waals surface area contributed by atoms with Gasteiger partial charge in [0.05, 0.1) is 23.7 Å². The minimum atomic E-state index is -1.80. The Morgan fingerprint density at radius 3 is 2.61 bits per heavy atom. The van der Waals surface area contributed by atoms with Crippen LogP contribution in [0.3, 0.4) is 0 Å². The lowest BCUT2D eigenvalue weighted by molar-refractivity contribution is -0.384. The van der Waals surface area contributed by atoms with Gasteiger partial charge in [-0.3, -0.25) is 10.1 Å². The zero-order chi connectivity index (χ0) is 20.7. The number of ether oxygens (including phenoxy) is 1. The largest absolute Gasteiger partial charge is 0.445 e. The lowest BCUT2D eigenvalue weighted by atomic mass is 10.2. The van der Waals surface area contributed by atoms with Crippen LogP contribution >= 0.6 is 0 Å². The zero-order valence-electron chi connectivity index (χ0n) is 16.8. The van der Waals surface area contributed by atoms with Gasteiger partial charge >= 0.3 is 6.09 Å². The van der Waals surface area contributed by atoms with Crippen LogP contribution in [-0.2, 0) is 15.8 Å². The third kappa shape index (κ3) is 6.28. The number of likely N-dealkylation sites (tertiary alicyclic amines) is 1. The molecule has 0 saturated carbocycles. The fourth-order valence-corrected chi connectivity index (χ4v) is 5.81. The first-order valence-corrected chi connectivity index (χ1v) is 12.8. The summed E-state index contributed by atoms with van der Waals surface area (Å²) in [6.07, 6.45) is 2.28. The van der Waals surface area contributed by atoms with Gasteiger partial charge in [-0.05, 0) is 43.3 Å². The second-order valence-corrected chi connectivity index (χ2v) is 12.1. The number of aliphatic hydroxyl groups excluding tert-OH is 1. The van der Waals surface area contributed by atoms with Crippen molar-refractivity contribution in [2.24, 2.45) is 0 Å². The number of non-ortho nitro benzene ring substituents is 1. The van der Waals surface area contributed by atoms with Crippen molar-refractivity contribution >= 4 is 20.1 Å². The number of hydrogen-bond donors (Lipinski definition) is 1. The number of benzene rings is 1. The van der Waals surface area contributed by atoms with Crippen molar-refractivity contribution in [3.05, 3.63) is 39.9 Å². The quantitative estimate of drug-likeness (QED) is 0.378. The van der Waals surface area contributed by atoms with E-state index >= 15 is 0 Å². The minimum Gasteiger partial charge on any atom is -0.445 e. The first-order chi connectivity index (χ1) is 13.3. The molecule has 8 nitrogen and oxygen atoms in total. The van der Waals surface area contributed by atoms with Crippen LogP contribution in [-0.4, -0.2) is 54.6 Å². The second kappa shape index (κ2) is 9.99. The summed E-state index contributed by atoms with van der Waals surface area (Å²) in [7, 11) is -1.80. The molecule has 2 unspecified atom stereocenters. The van der Waals surface area contributed by atoms with E-state index in [4.69, 9.17) is 9.16 Å². The highest BCUT2D eigenvalue weighted by atomic mass is 28.4. The summed E-state index contributed by atoms with van der Waals surface area (Å²) in [5.74, 6) is 0. The number of carbonyl (C=O) groups excluding carboxylic acids is 1. The molecule has 1 N–H and O–H groups in total. The monoisotopic (exact) mass is 410 g/mol. The highest BCUT2D eigenvalue weighted by Crippen LogP contribution is 2.26. The predicted molar refractivity (Wildman–Crippen MR) is 108 cm³/mol. The molecular weight excluding hydrogens is 380 g/mol. The van der Waals surface area contributed by atoms with Crippen molar-refractivity contribution in [2.75, 3.05) is 13.2 Å². The van der Waals surface area contributed by atoms with Crippen LogP contribution < -0.4 is 0 Å². The molecule has 1 aromatic carbocycles. The van der Waals surface area contributed by atoms with Crippen LogP contribution in [0.15, 0.2) is 24.3 Å². The number of nitrogens with zero attached hydrogens (tertiary/aromatic N) is 2. The van der Waals surface area contributed by atoms with Crippen LogP contribution in [0.1, 0.15) is 31.7 Å². The van der Waals surface area contributed by atoms with E-state index in [1.807, 2.05) is 0 Å². The molecule has 1 heterocycles. The van der Waals surface area contributed by atoms with Gasteiger partial charge in [-0.25, -0.2) is 4.79 Å². The molecule has 156 valence electrons. The minimum absolute atomic E-state index is 0.00944. The van der Waals surface area contributed by atoms with Gasteiger partial charge in [0, 0.05) is 18.7 Å². The van der Waals surface area contributed by atoms with E-state index in [1.165, 1.54) is 17.0 Å². The molecule has 0 bridgehead atoms. The average Bonchev–Trinajstić information content (AvgIpc) is 3.07. The van der Waals surface area contributed by atoms with Crippen molar-refractivity contribution in [2.45, 2.75) is 64.1 Å². The standard InChI is InChI=1S/C19H30N2O6Si/c1-4-5-10-28(2,3)27-18-11-17(13-22)20(12-18)19(23)26-14-15-6-8-16(9-7-15)21(24)25/h6-9,17-18,22H,4-5,10-14H2,1-3H3. The maximum Gasteiger partial charge on any atom is 0.410 e. The van der Waals surface area contributed by atoms with E-state index in [0.717, 1.165) is 18.9 Å². The summed E-state index contributed by atoms with van der Waals surface area (Å²) in [4.78, 5) is 24.2. The molecule has 0 aromatic heterocycles. The number of rotatable bonds is 9. The predicted octanol–water partition coefficient (Wildman–Crippen LogP) is 3.69. The van der Waals surface area contributed by atoms with E-state index in [1.54, 1.807) is 12.1 Å². The van der Waals surface area contributed by atoms with E-state index in [-0.39, 0.29) is 31.0 Å². The van der Waals surface area contributed by atoms with Crippen LogP contribution in [0.25, 0.3) is 0 Å². The molecule has 9 heteroatoms. The van der Waals surface area contributed by atoms with Crippen molar-refractivity contribution in [3.8, 4) is 0 Å². The Bertz CT molecular complexity index is 667. The fraction of sp³-hybridized carbons (Fsp3) is 0.632. The summed E-state index contributed by atoms with van der Waals surface area (Å²) < 4.78 is 11.7. The average molecular weight is 411 g/mol. The van der Waals surface area contributed by atoms with Crippen molar-refractivity contribution < 1.29 is 24.0 Å². The number of nitro benzene ring substituents is 1. The van der Waals surface area contributed by atoms with Gasteiger partial charge in [0.1, 0.15) is 6.61 Å². The van der Waals surface area contributed by atoms with Gasteiger partial charge < -0.3 is 19.2 Å². The third-order valence-corrected chi connectivity index (χ3v) is 7.48. The van der Waals surface area contributed by atoms with Gasteiger partial charge in [-0.2, -0.15) is 0 Å². The van der Waals surface area contributed by atoms with E-state index in [0.29, 0.717) is 18.5 Å². The number of unbranched alkanes of at least 4 members (excludes halogenated alkanes) is 1. The molecule has 0 spiro atoms. The highest BCUT2D eigenvalue weighted by Gasteiger charge is 2.39. The van der Waals surface area contributed by atoms with Gasteiger partial charge in [-0.15, -0.1) is 0 Å². The Balaban J connectivity index is 1.90. The molecule has 1 fully saturated rings. The lowest BCUT2D eigenvalue weighted by Gasteiger charge is -2.27. The van der Waals surface area contributed by atoms with Crippen LogP contribution in [0.5, 0.6) is 0 Å². The smallest absolute Gasteiger partial charge is 0.410 e. The molecule has 1 aliphatic rings. The molecule has 1 aromatic rings. The number of hydrogen-bond acceptors (Lipinski definition) is 6. The summed E-state index contributed by atoms with van der Waals surface area (Å²) in [5, 5.41) is 20.3. The Labute approximate surface area is 166 Å².